The van der Waals surface area contributed by atoms with E-state index in [0.29, 0.717) is 17.1 Å². The molecule has 24 heavy (non-hydrogen) atoms. The van der Waals surface area contributed by atoms with E-state index in [4.69, 9.17) is 0 Å². The van der Waals surface area contributed by atoms with E-state index in [2.05, 4.69) is 26.4 Å². The zero-order chi connectivity index (χ0) is 16.5. The third-order valence-electron chi connectivity index (χ3n) is 5.69. The van der Waals surface area contributed by atoms with Crippen molar-refractivity contribution >= 4 is 11.6 Å². The summed E-state index contributed by atoms with van der Waals surface area (Å²) in [6, 6.07) is 2.87. The van der Waals surface area contributed by atoms with Crippen LogP contribution in [0.2, 0.25) is 0 Å². The second-order valence-electron chi connectivity index (χ2n) is 6.99. The third-order valence-corrected chi connectivity index (χ3v) is 5.69. The molecule has 1 aliphatic carbocycles. The van der Waals surface area contributed by atoms with Crippen LogP contribution >= 0.6 is 0 Å². The van der Waals surface area contributed by atoms with E-state index >= 15 is 0 Å². The van der Waals surface area contributed by atoms with Gasteiger partial charge in [-0.05, 0) is 44.8 Å². The summed E-state index contributed by atoms with van der Waals surface area (Å²) in [5.41, 5.74) is 2.38. The van der Waals surface area contributed by atoms with E-state index in [9.17, 15) is 4.79 Å². The van der Waals surface area contributed by atoms with E-state index in [-0.39, 0.29) is 5.91 Å². The minimum absolute atomic E-state index is 0.134. The lowest BCUT2D eigenvalue weighted by atomic mass is 9.92. The zero-order valence-corrected chi connectivity index (χ0v) is 14.2. The number of nitrogens with zero attached hydrogens (tertiary/aromatic N) is 4. The van der Waals surface area contributed by atoms with Crippen LogP contribution in [0.3, 0.4) is 0 Å². The van der Waals surface area contributed by atoms with Crippen LogP contribution < -0.4 is 5.32 Å². The van der Waals surface area contributed by atoms with Gasteiger partial charge in [0.05, 0.1) is 6.20 Å². The van der Waals surface area contributed by atoms with E-state index in [1.54, 1.807) is 13.2 Å². The van der Waals surface area contributed by atoms with Gasteiger partial charge in [0, 0.05) is 30.9 Å². The SMILES string of the molecule is CNC(=O)c1cnn2c(C3CCN(C4CCCC4)CC3)ccnc12. The highest BCUT2D eigenvalue weighted by Gasteiger charge is 2.29. The molecule has 0 unspecified atom stereocenters. The molecule has 2 aromatic rings. The van der Waals surface area contributed by atoms with Crippen LogP contribution in [-0.2, 0) is 0 Å². The van der Waals surface area contributed by atoms with Crippen LogP contribution in [0.25, 0.3) is 5.65 Å². The highest BCUT2D eigenvalue weighted by molar-refractivity contribution is 5.99. The van der Waals surface area contributed by atoms with Gasteiger partial charge < -0.3 is 10.2 Å². The molecule has 2 fully saturated rings. The van der Waals surface area contributed by atoms with Gasteiger partial charge >= 0.3 is 0 Å². The van der Waals surface area contributed by atoms with E-state index in [1.807, 2.05) is 10.7 Å². The molecule has 2 aromatic heterocycles. The summed E-state index contributed by atoms with van der Waals surface area (Å²) in [6.07, 6.45) is 11.3. The fourth-order valence-corrected chi connectivity index (χ4v) is 4.34. The van der Waals surface area contributed by atoms with Crippen LogP contribution in [0, 0.1) is 0 Å². The summed E-state index contributed by atoms with van der Waals surface area (Å²) in [4.78, 5) is 19.0. The first kappa shape index (κ1) is 15.6. The van der Waals surface area contributed by atoms with Crippen LogP contribution in [0.4, 0.5) is 0 Å². The van der Waals surface area contributed by atoms with Crippen LogP contribution in [0.5, 0.6) is 0 Å². The zero-order valence-electron chi connectivity index (χ0n) is 14.2. The molecule has 0 bridgehead atoms. The van der Waals surface area contributed by atoms with Crippen molar-refractivity contribution in [2.24, 2.45) is 0 Å². The lowest BCUT2D eigenvalue weighted by Gasteiger charge is -2.36. The Hall–Kier alpha value is -1.95. The molecule has 1 aliphatic heterocycles. The number of nitrogens with one attached hydrogen (secondary N) is 1. The summed E-state index contributed by atoms with van der Waals surface area (Å²) >= 11 is 0. The average Bonchev–Trinajstić information content (AvgIpc) is 3.30. The summed E-state index contributed by atoms with van der Waals surface area (Å²) in [5, 5.41) is 7.10. The molecule has 0 spiro atoms. The van der Waals surface area contributed by atoms with Crippen LogP contribution in [0.1, 0.15) is 60.5 Å². The largest absolute Gasteiger partial charge is 0.355 e. The number of amides is 1. The Morgan fingerprint density at radius 2 is 1.96 bits per heavy atom. The first-order valence-corrected chi connectivity index (χ1v) is 9.06. The summed E-state index contributed by atoms with van der Waals surface area (Å²) < 4.78 is 1.86. The minimum atomic E-state index is -0.134. The van der Waals surface area contributed by atoms with Gasteiger partial charge in [-0.15, -0.1) is 0 Å². The maximum atomic E-state index is 12.0. The fourth-order valence-electron chi connectivity index (χ4n) is 4.34. The molecule has 0 radical (unpaired) electrons. The Bertz CT molecular complexity index is 726. The summed E-state index contributed by atoms with van der Waals surface area (Å²) in [6.45, 7) is 2.34. The number of piperidine rings is 1. The molecular weight excluding hydrogens is 302 g/mol. The van der Waals surface area contributed by atoms with Crippen molar-refractivity contribution in [2.75, 3.05) is 20.1 Å². The molecule has 6 heteroatoms. The number of aromatic nitrogens is 3. The normalized spacial score (nSPS) is 20.7. The fraction of sp³-hybridized carbons (Fsp3) is 0.611. The Morgan fingerprint density at radius 3 is 2.67 bits per heavy atom. The lowest BCUT2D eigenvalue weighted by molar-refractivity contribution is 0.0964. The predicted octanol–water partition coefficient (Wildman–Crippen LogP) is 2.21. The maximum absolute atomic E-state index is 12.0. The van der Waals surface area contributed by atoms with Crippen molar-refractivity contribution < 1.29 is 4.79 Å². The number of carbonyl (C=O) groups excluding carboxylic acids is 1. The highest BCUT2D eigenvalue weighted by atomic mass is 16.1. The highest BCUT2D eigenvalue weighted by Crippen LogP contribution is 2.32. The second-order valence-corrected chi connectivity index (χ2v) is 6.99. The third kappa shape index (κ3) is 2.69. The first-order chi connectivity index (χ1) is 11.8. The summed E-state index contributed by atoms with van der Waals surface area (Å²) in [5.74, 6) is 0.358. The van der Waals surface area contributed by atoms with Gasteiger partial charge in [0.1, 0.15) is 5.56 Å². The van der Waals surface area contributed by atoms with Gasteiger partial charge in [0.25, 0.3) is 5.91 Å². The van der Waals surface area contributed by atoms with E-state index in [0.717, 1.165) is 18.9 Å². The molecule has 3 heterocycles. The molecule has 0 atom stereocenters. The minimum Gasteiger partial charge on any atom is -0.355 e. The number of fused-ring (bicyclic) bond motifs is 1. The molecule has 1 saturated carbocycles. The molecule has 1 N–H and O–H groups in total. The first-order valence-electron chi connectivity index (χ1n) is 9.06. The number of hydrogen-bond acceptors (Lipinski definition) is 4. The van der Waals surface area contributed by atoms with Gasteiger partial charge in [0.15, 0.2) is 5.65 Å². The predicted molar refractivity (Wildman–Crippen MR) is 92.2 cm³/mol. The van der Waals surface area contributed by atoms with Crippen molar-refractivity contribution in [3.63, 3.8) is 0 Å². The van der Waals surface area contributed by atoms with Gasteiger partial charge in [-0.2, -0.15) is 5.10 Å². The quantitative estimate of drug-likeness (QED) is 0.939. The number of carbonyl (C=O) groups is 1. The Balaban J connectivity index is 1.54. The van der Waals surface area contributed by atoms with Gasteiger partial charge in [-0.3, -0.25) is 4.79 Å². The van der Waals surface area contributed by atoms with Gasteiger partial charge in [-0.1, -0.05) is 12.8 Å². The van der Waals surface area contributed by atoms with Crippen molar-refractivity contribution in [1.29, 1.82) is 0 Å². The molecule has 1 amide bonds. The monoisotopic (exact) mass is 327 g/mol. The Morgan fingerprint density at radius 1 is 1.21 bits per heavy atom. The van der Waals surface area contributed by atoms with E-state index in [1.165, 1.54) is 44.5 Å². The smallest absolute Gasteiger partial charge is 0.256 e. The molecule has 6 nitrogen and oxygen atoms in total. The lowest BCUT2D eigenvalue weighted by Crippen LogP contribution is -2.39. The van der Waals surface area contributed by atoms with Gasteiger partial charge in [0.2, 0.25) is 0 Å². The molecular formula is C18H25N5O. The van der Waals surface area contributed by atoms with Crippen molar-refractivity contribution in [1.82, 2.24) is 24.8 Å². The molecule has 0 aromatic carbocycles. The van der Waals surface area contributed by atoms with Crippen molar-refractivity contribution in [3.05, 3.63) is 29.7 Å². The van der Waals surface area contributed by atoms with Gasteiger partial charge in [-0.25, -0.2) is 9.50 Å². The molecule has 4 rings (SSSR count). The second kappa shape index (κ2) is 6.51. The molecule has 2 aliphatic rings. The average molecular weight is 327 g/mol. The van der Waals surface area contributed by atoms with Crippen molar-refractivity contribution in [3.8, 4) is 0 Å². The Labute approximate surface area is 142 Å². The van der Waals surface area contributed by atoms with Crippen LogP contribution in [0.15, 0.2) is 18.5 Å². The topological polar surface area (TPSA) is 62.5 Å². The Kier molecular flexibility index (Phi) is 4.22. The molecule has 128 valence electrons. The summed E-state index contributed by atoms with van der Waals surface area (Å²) in [7, 11) is 1.63. The molecule has 1 saturated heterocycles. The van der Waals surface area contributed by atoms with Crippen molar-refractivity contribution in [2.45, 2.75) is 50.5 Å². The maximum Gasteiger partial charge on any atom is 0.256 e. The standard InChI is InChI=1S/C18H25N5O/c1-19-18(24)15-12-21-23-16(6-9-20-17(15)23)13-7-10-22(11-8-13)14-4-2-3-5-14/h6,9,12-14H,2-5,7-8,10-11H2,1H3,(H,19,24). The number of likely N-dealkylation sites (tertiary alicyclic amines) is 1. The number of hydrogen-bond donors (Lipinski definition) is 1. The van der Waals surface area contributed by atoms with Crippen LogP contribution in [-0.4, -0.2) is 51.6 Å². The number of rotatable bonds is 3. The van der Waals surface area contributed by atoms with E-state index < -0.39 is 0 Å².